The first-order valence-electron chi connectivity index (χ1n) is 10.3. The van der Waals surface area contributed by atoms with Gasteiger partial charge in [-0.15, -0.1) is 0 Å². The van der Waals surface area contributed by atoms with Gasteiger partial charge < -0.3 is 5.32 Å². The molecular formula is C23H28FN3OS. The molecule has 0 atom stereocenters. The summed E-state index contributed by atoms with van der Waals surface area (Å²) in [4.78, 5) is 17.2. The molecule has 0 aromatic heterocycles. The maximum atomic E-state index is 14.0. The number of hydrogen-bond acceptors (Lipinski definition) is 4. The normalized spacial score (nSPS) is 17.4. The fourth-order valence-electron chi connectivity index (χ4n) is 3.75. The molecule has 29 heavy (non-hydrogen) atoms. The Hall–Kier alpha value is -1.89. The van der Waals surface area contributed by atoms with Crippen LogP contribution in [-0.4, -0.2) is 52.9 Å². The highest BCUT2D eigenvalue weighted by atomic mass is 32.2. The van der Waals surface area contributed by atoms with E-state index in [0.717, 1.165) is 38.2 Å². The molecule has 1 heterocycles. The van der Waals surface area contributed by atoms with Crippen molar-refractivity contribution in [2.45, 2.75) is 32.0 Å². The highest BCUT2D eigenvalue weighted by Gasteiger charge is 2.30. The molecule has 0 radical (unpaired) electrons. The Kier molecular flexibility index (Phi) is 6.85. The maximum absolute atomic E-state index is 14.0. The molecular weight excluding hydrogens is 385 g/mol. The van der Waals surface area contributed by atoms with E-state index in [-0.39, 0.29) is 18.3 Å². The van der Waals surface area contributed by atoms with Crippen LogP contribution in [0.15, 0.2) is 48.5 Å². The minimum Gasteiger partial charge on any atom is -0.325 e. The van der Waals surface area contributed by atoms with Crippen LogP contribution >= 0.6 is 11.8 Å². The van der Waals surface area contributed by atoms with Crippen LogP contribution in [0.25, 0.3) is 0 Å². The number of carbonyl (C=O) groups excluding carboxylic acids is 1. The van der Waals surface area contributed by atoms with Gasteiger partial charge in [0.1, 0.15) is 5.82 Å². The average molecular weight is 414 g/mol. The van der Waals surface area contributed by atoms with E-state index in [4.69, 9.17) is 0 Å². The van der Waals surface area contributed by atoms with Crippen molar-refractivity contribution < 1.29 is 9.18 Å². The fourth-order valence-corrected chi connectivity index (χ4v) is 4.73. The standard InChI is InChI=1S/C23H28FN3OS/c24-22-7-2-1-5-19(22)16-27(21-8-9-21)17-23(28)25-20-6-3-4-18(14-20)15-26-10-12-29-13-11-26/h1-7,14,21H,8-13,15-17H2,(H,25,28). The van der Waals surface area contributed by atoms with Crippen molar-refractivity contribution >= 4 is 23.4 Å². The van der Waals surface area contributed by atoms with Crippen LogP contribution in [0.2, 0.25) is 0 Å². The van der Waals surface area contributed by atoms with Gasteiger partial charge in [-0.3, -0.25) is 14.6 Å². The third-order valence-electron chi connectivity index (χ3n) is 5.46. The van der Waals surface area contributed by atoms with Crippen LogP contribution in [0.5, 0.6) is 0 Å². The van der Waals surface area contributed by atoms with Crippen molar-refractivity contribution in [3.05, 3.63) is 65.5 Å². The summed E-state index contributed by atoms with van der Waals surface area (Å²) in [5.41, 5.74) is 2.70. The van der Waals surface area contributed by atoms with Crippen molar-refractivity contribution in [2.24, 2.45) is 0 Å². The molecule has 0 bridgehead atoms. The van der Waals surface area contributed by atoms with E-state index in [9.17, 15) is 9.18 Å². The third kappa shape index (κ3) is 6.04. The second kappa shape index (κ2) is 9.74. The molecule has 6 heteroatoms. The molecule has 2 aliphatic rings. The van der Waals surface area contributed by atoms with Gasteiger partial charge in [-0.2, -0.15) is 11.8 Å². The molecule has 1 aliphatic heterocycles. The highest BCUT2D eigenvalue weighted by molar-refractivity contribution is 7.99. The van der Waals surface area contributed by atoms with Gasteiger partial charge in [0.25, 0.3) is 0 Å². The van der Waals surface area contributed by atoms with Crippen LogP contribution in [0.1, 0.15) is 24.0 Å². The van der Waals surface area contributed by atoms with Gasteiger partial charge in [-0.25, -0.2) is 4.39 Å². The largest absolute Gasteiger partial charge is 0.325 e. The number of hydrogen-bond donors (Lipinski definition) is 1. The van der Waals surface area contributed by atoms with E-state index in [1.807, 2.05) is 30.0 Å². The molecule has 0 unspecified atom stereocenters. The summed E-state index contributed by atoms with van der Waals surface area (Å²) in [5, 5.41) is 3.04. The molecule has 1 aliphatic carbocycles. The van der Waals surface area contributed by atoms with Gasteiger partial charge in [0.15, 0.2) is 0 Å². The van der Waals surface area contributed by atoms with Gasteiger partial charge in [0, 0.05) is 55.0 Å². The Balaban J connectivity index is 1.34. The number of anilines is 1. The lowest BCUT2D eigenvalue weighted by molar-refractivity contribution is -0.117. The molecule has 4 rings (SSSR count). The summed E-state index contributed by atoms with van der Waals surface area (Å²) in [6.07, 6.45) is 2.15. The zero-order chi connectivity index (χ0) is 20.1. The summed E-state index contributed by atoms with van der Waals surface area (Å²) in [5.74, 6) is 2.13. The molecule has 1 amide bonds. The Labute approximate surface area is 176 Å². The smallest absolute Gasteiger partial charge is 0.238 e. The van der Waals surface area contributed by atoms with E-state index in [0.29, 0.717) is 18.2 Å². The topological polar surface area (TPSA) is 35.6 Å². The minimum absolute atomic E-state index is 0.0419. The van der Waals surface area contributed by atoms with Gasteiger partial charge in [0.2, 0.25) is 5.91 Å². The molecule has 154 valence electrons. The number of nitrogens with zero attached hydrogens (tertiary/aromatic N) is 2. The van der Waals surface area contributed by atoms with Crippen molar-refractivity contribution in [3.8, 4) is 0 Å². The van der Waals surface area contributed by atoms with Crippen LogP contribution in [-0.2, 0) is 17.9 Å². The number of rotatable bonds is 8. The lowest BCUT2D eigenvalue weighted by Gasteiger charge is -2.26. The maximum Gasteiger partial charge on any atom is 0.238 e. The van der Waals surface area contributed by atoms with E-state index in [1.54, 1.807) is 12.1 Å². The number of halogens is 1. The van der Waals surface area contributed by atoms with Gasteiger partial charge in [-0.05, 0) is 36.6 Å². The number of amides is 1. The van der Waals surface area contributed by atoms with Crippen molar-refractivity contribution in [2.75, 3.05) is 36.5 Å². The monoisotopic (exact) mass is 413 g/mol. The fraction of sp³-hybridized carbons (Fsp3) is 0.435. The van der Waals surface area contributed by atoms with E-state index in [2.05, 4.69) is 27.2 Å². The first-order valence-corrected chi connectivity index (χ1v) is 11.5. The SMILES string of the molecule is O=C(CN(Cc1ccccc1F)C1CC1)Nc1cccc(CN2CCSCC2)c1. The molecule has 1 saturated carbocycles. The van der Waals surface area contributed by atoms with Gasteiger partial charge in [0.05, 0.1) is 6.54 Å². The predicted molar refractivity (Wildman–Crippen MR) is 118 cm³/mol. The molecule has 2 aromatic rings. The third-order valence-corrected chi connectivity index (χ3v) is 6.40. The zero-order valence-corrected chi connectivity index (χ0v) is 17.5. The summed E-state index contributed by atoms with van der Waals surface area (Å²) in [6.45, 7) is 3.91. The lowest BCUT2D eigenvalue weighted by Crippen LogP contribution is -2.34. The number of benzene rings is 2. The summed E-state index contributed by atoms with van der Waals surface area (Å²) < 4.78 is 14.0. The van der Waals surface area contributed by atoms with Crippen LogP contribution < -0.4 is 5.32 Å². The first kappa shape index (κ1) is 20.4. The molecule has 1 saturated heterocycles. The molecule has 2 aromatic carbocycles. The van der Waals surface area contributed by atoms with Crippen LogP contribution in [0.4, 0.5) is 10.1 Å². The second-order valence-electron chi connectivity index (χ2n) is 7.86. The van der Waals surface area contributed by atoms with Crippen molar-refractivity contribution in [1.29, 1.82) is 0 Å². The molecule has 2 fully saturated rings. The Morgan fingerprint density at radius 2 is 1.93 bits per heavy atom. The molecule has 4 nitrogen and oxygen atoms in total. The Morgan fingerprint density at radius 3 is 2.69 bits per heavy atom. The highest BCUT2D eigenvalue weighted by Crippen LogP contribution is 2.28. The van der Waals surface area contributed by atoms with Crippen molar-refractivity contribution in [1.82, 2.24) is 9.80 Å². The average Bonchev–Trinajstić information content (AvgIpc) is 3.55. The second-order valence-corrected chi connectivity index (χ2v) is 9.09. The van der Waals surface area contributed by atoms with E-state index < -0.39 is 0 Å². The van der Waals surface area contributed by atoms with Gasteiger partial charge >= 0.3 is 0 Å². The molecule has 0 spiro atoms. The first-order chi connectivity index (χ1) is 14.2. The Bertz CT molecular complexity index is 836. The van der Waals surface area contributed by atoms with E-state index >= 15 is 0 Å². The summed E-state index contributed by atoms with van der Waals surface area (Å²) >= 11 is 2.01. The number of thioether (sulfide) groups is 1. The minimum atomic E-state index is -0.206. The quantitative estimate of drug-likeness (QED) is 0.710. The van der Waals surface area contributed by atoms with Crippen molar-refractivity contribution in [3.63, 3.8) is 0 Å². The number of carbonyl (C=O) groups is 1. The van der Waals surface area contributed by atoms with Gasteiger partial charge in [-0.1, -0.05) is 30.3 Å². The summed E-state index contributed by atoms with van der Waals surface area (Å²) in [6, 6.07) is 15.3. The predicted octanol–water partition coefficient (Wildman–Crippen LogP) is 3.98. The van der Waals surface area contributed by atoms with Crippen LogP contribution in [0, 0.1) is 5.82 Å². The van der Waals surface area contributed by atoms with Crippen LogP contribution in [0.3, 0.4) is 0 Å². The van der Waals surface area contributed by atoms with E-state index in [1.165, 1.54) is 23.1 Å². The number of nitrogens with one attached hydrogen (secondary N) is 1. The Morgan fingerprint density at radius 1 is 1.14 bits per heavy atom. The molecule has 1 N–H and O–H groups in total. The zero-order valence-electron chi connectivity index (χ0n) is 16.6. The lowest BCUT2D eigenvalue weighted by atomic mass is 10.1. The summed E-state index contributed by atoms with van der Waals surface area (Å²) in [7, 11) is 0.